The highest BCUT2D eigenvalue weighted by Gasteiger charge is 2.12. The van der Waals surface area contributed by atoms with Gasteiger partial charge in [0, 0.05) is 22.5 Å². The van der Waals surface area contributed by atoms with Gasteiger partial charge in [0.15, 0.2) is 5.16 Å². The first-order valence-corrected chi connectivity index (χ1v) is 6.85. The van der Waals surface area contributed by atoms with Crippen molar-refractivity contribution in [3.05, 3.63) is 42.1 Å². The van der Waals surface area contributed by atoms with E-state index in [0.717, 1.165) is 15.8 Å². The zero-order valence-electron chi connectivity index (χ0n) is 10.8. The molecule has 0 amide bonds. The van der Waals surface area contributed by atoms with E-state index in [1.165, 1.54) is 17.8 Å². The predicted octanol–water partition coefficient (Wildman–Crippen LogP) is 2.21. The van der Waals surface area contributed by atoms with Crippen molar-refractivity contribution in [1.82, 2.24) is 15.0 Å². The maximum atomic E-state index is 9.27. The van der Waals surface area contributed by atoms with Crippen LogP contribution >= 0.6 is 11.8 Å². The molecule has 4 N–H and O–H groups in total. The van der Waals surface area contributed by atoms with Crippen molar-refractivity contribution in [1.29, 1.82) is 5.26 Å². The van der Waals surface area contributed by atoms with Gasteiger partial charge in [-0.05, 0) is 17.8 Å². The lowest BCUT2D eigenvalue weighted by molar-refractivity contribution is 0.985. The Morgan fingerprint density at radius 3 is 2.52 bits per heavy atom. The second kappa shape index (κ2) is 5.26. The molecule has 0 atom stereocenters. The van der Waals surface area contributed by atoms with Crippen LogP contribution in [0.4, 0.5) is 11.6 Å². The Bertz CT molecular complexity index is 851. The summed E-state index contributed by atoms with van der Waals surface area (Å²) in [5.41, 5.74) is 12.6. The van der Waals surface area contributed by atoms with Gasteiger partial charge >= 0.3 is 0 Å². The summed E-state index contributed by atoms with van der Waals surface area (Å²) in [6.45, 7) is 0. The minimum atomic E-state index is 0.293. The Labute approximate surface area is 124 Å². The van der Waals surface area contributed by atoms with Crippen LogP contribution in [0.3, 0.4) is 0 Å². The van der Waals surface area contributed by atoms with Crippen molar-refractivity contribution in [2.24, 2.45) is 0 Å². The number of hydrogen-bond donors (Lipinski definition) is 2. The maximum absolute atomic E-state index is 9.27. The van der Waals surface area contributed by atoms with Crippen LogP contribution in [-0.2, 0) is 0 Å². The van der Waals surface area contributed by atoms with E-state index < -0.39 is 0 Å². The van der Waals surface area contributed by atoms with Gasteiger partial charge in [-0.15, -0.1) is 0 Å². The summed E-state index contributed by atoms with van der Waals surface area (Å²) in [5, 5.41) is 10.5. The topological polar surface area (TPSA) is 114 Å². The molecule has 0 spiro atoms. The number of hydrogen-bond acceptors (Lipinski definition) is 7. The molecule has 6 nitrogen and oxygen atoms in total. The molecule has 0 fully saturated rings. The van der Waals surface area contributed by atoms with Crippen LogP contribution in [0.5, 0.6) is 0 Å². The number of fused-ring (bicyclic) bond motifs is 1. The summed E-state index contributed by atoms with van der Waals surface area (Å²) in [5.74, 6) is 0.587. The van der Waals surface area contributed by atoms with Crippen LogP contribution in [0.25, 0.3) is 10.9 Å². The average molecular weight is 294 g/mol. The summed E-state index contributed by atoms with van der Waals surface area (Å²) in [7, 11) is 0. The highest BCUT2D eigenvalue weighted by atomic mass is 32.2. The summed E-state index contributed by atoms with van der Waals surface area (Å²) in [6, 6.07) is 11.2. The molecule has 0 saturated carbocycles. The summed E-state index contributed by atoms with van der Waals surface area (Å²) < 4.78 is 0. The molecular formula is C14H10N6S. The molecule has 2 aromatic heterocycles. The second-order valence-corrected chi connectivity index (χ2v) is 5.21. The van der Waals surface area contributed by atoms with Gasteiger partial charge in [0.1, 0.15) is 17.7 Å². The Morgan fingerprint density at radius 2 is 1.81 bits per heavy atom. The predicted molar refractivity (Wildman–Crippen MR) is 81.4 cm³/mol. The van der Waals surface area contributed by atoms with E-state index in [2.05, 4.69) is 21.0 Å². The maximum Gasteiger partial charge on any atom is 0.196 e. The lowest BCUT2D eigenvalue weighted by atomic mass is 10.2. The van der Waals surface area contributed by atoms with Gasteiger partial charge in [-0.2, -0.15) is 5.26 Å². The van der Waals surface area contributed by atoms with Crippen molar-refractivity contribution < 1.29 is 0 Å². The Kier molecular flexibility index (Phi) is 3.30. The van der Waals surface area contributed by atoms with Crippen LogP contribution < -0.4 is 11.5 Å². The molecule has 0 saturated heterocycles. The third-order valence-corrected chi connectivity index (χ3v) is 3.79. The molecule has 1 aromatic carbocycles. The molecule has 102 valence electrons. The number of anilines is 2. The fourth-order valence-corrected chi connectivity index (χ4v) is 2.88. The van der Waals surface area contributed by atoms with Gasteiger partial charge in [-0.1, -0.05) is 18.2 Å². The zero-order valence-corrected chi connectivity index (χ0v) is 11.6. The first-order valence-electron chi connectivity index (χ1n) is 6.03. The van der Waals surface area contributed by atoms with Crippen molar-refractivity contribution >= 4 is 34.3 Å². The lowest BCUT2D eigenvalue weighted by Gasteiger charge is -2.07. The van der Waals surface area contributed by atoms with Gasteiger partial charge in [-0.25, -0.2) is 9.97 Å². The molecule has 7 heteroatoms. The lowest BCUT2D eigenvalue weighted by Crippen LogP contribution is -1.99. The molecule has 0 aliphatic heterocycles. The highest BCUT2D eigenvalue weighted by molar-refractivity contribution is 7.99. The average Bonchev–Trinajstić information content (AvgIpc) is 2.46. The Hall–Kier alpha value is -2.85. The molecule has 2 heterocycles. The van der Waals surface area contributed by atoms with Crippen LogP contribution in [0.15, 0.2) is 46.6 Å². The molecule has 0 bridgehead atoms. The van der Waals surface area contributed by atoms with E-state index in [1.807, 2.05) is 24.3 Å². The quantitative estimate of drug-likeness (QED) is 0.696. The fourth-order valence-electron chi connectivity index (χ4n) is 1.90. The van der Waals surface area contributed by atoms with E-state index in [4.69, 9.17) is 11.5 Å². The molecule has 0 aliphatic carbocycles. The monoisotopic (exact) mass is 294 g/mol. The second-order valence-electron chi connectivity index (χ2n) is 4.23. The third-order valence-electron chi connectivity index (χ3n) is 2.79. The summed E-state index contributed by atoms with van der Waals surface area (Å²) in [4.78, 5) is 13.3. The smallest absolute Gasteiger partial charge is 0.196 e. The normalized spacial score (nSPS) is 10.4. The number of rotatable bonds is 2. The van der Waals surface area contributed by atoms with Gasteiger partial charge in [-0.3, -0.25) is 4.98 Å². The largest absolute Gasteiger partial charge is 0.383 e. The Morgan fingerprint density at radius 1 is 1.10 bits per heavy atom. The van der Waals surface area contributed by atoms with Crippen molar-refractivity contribution in [3.8, 4) is 6.07 Å². The minimum absolute atomic E-state index is 0.293. The van der Waals surface area contributed by atoms with E-state index in [1.54, 1.807) is 6.20 Å². The van der Waals surface area contributed by atoms with Gasteiger partial charge in [0.05, 0.1) is 11.1 Å². The third kappa shape index (κ3) is 2.57. The molecule has 0 radical (unpaired) electrons. The number of nitrogen functional groups attached to an aromatic ring is 2. The number of pyridine rings is 1. The minimum Gasteiger partial charge on any atom is -0.383 e. The SMILES string of the molecule is N#Cc1cnc2ccccc2c1Sc1nc(N)cc(N)n1. The van der Waals surface area contributed by atoms with Gasteiger partial charge < -0.3 is 11.5 Å². The highest BCUT2D eigenvalue weighted by Crippen LogP contribution is 2.34. The van der Waals surface area contributed by atoms with E-state index in [0.29, 0.717) is 22.4 Å². The molecule has 3 rings (SSSR count). The van der Waals surface area contributed by atoms with E-state index >= 15 is 0 Å². The number of nitrogens with zero attached hydrogens (tertiary/aromatic N) is 4. The molecular weight excluding hydrogens is 284 g/mol. The van der Waals surface area contributed by atoms with Crippen LogP contribution in [0.2, 0.25) is 0 Å². The first kappa shape index (κ1) is 13.1. The fraction of sp³-hybridized carbons (Fsp3) is 0. The number of aromatic nitrogens is 3. The first-order chi connectivity index (χ1) is 10.2. The number of benzene rings is 1. The van der Waals surface area contributed by atoms with E-state index in [9.17, 15) is 5.26 Å². The van der Waals surface area contributed by atoms with Crippen LogP contribution in [0.1, 0.15) is 5.56 Å². The standard InChI is InChI=1S/C14H10N6S/c15-6-8-7-18-10-4-2-1-3-9(10)13(8)21-14-19-11(16)5-12(17)20-14/h1-5,7H,(H4,16,17,19,20). The molecule has 3 aromatic rings. The summed E-state index contributed by atoms with van der Waals surface area (Å²) >= 11 is 1.25. The molecule has 0 unspecified atom stereocenters. The van der Waals surface area contributed by atoms with Crippen LogP contribution in [-0.4, -0.2) is 15.0 Å². The summed E-state index contributed by atoms with van der Waals surface area (Å²) in [6.07, 6.45) is 1.54. The van der Waals surface area contributed by atoms with Crippen molar-refractivity contribution in [2.75, 3.05) is 11.5 Å². The Balaban J connectivity index is 2.17. The van der Waals surface area contributed by atoms with Gasteiger partial charge in [0.25, 0.3) is 0 Å². The van der Waals surface area contributed by atoms with Gasteiger partial charge in [0.2, 0.25) is 0 Å². The van der Waals surface area contributed by atoms with Crippen LogP contribution in [0, 0.1) is 11.3 Å². The zero-order chi connectivity index (χ0) is 14.8. The molecule has 0 aliphatic rings. The number of para-hydroxylation sites is 1. The van der Waals surface area contributed by atoms with Crippen molar-refractivity contribution in [2.45, 2.75) is 10.1 Å². The van der Waals surface area contributed by atoms with Crippen molar-refractivity contribution in [3.63, 3.8) is 0 Å². The number of nitriles is 1. The molecule has 21 heavy (non-hydrogen) atoms. The number of nitrogens with two attached hydrogens (primary N) is 2. The van der Waals surface area contributed by atoms with E-state index in [-0.39, 0.29) is 0 Å².